The van der Waals surface area contributed by atoms with E-state index in [0.717, 1.165) is 16.0 Å². The number of anilines is 1. The molecular weight excluding hydrogens is 282 g/mol. The van der Waals surface area contributed by atoms with Crippen molar-refractivity contribution in [2.75, 3.05) is 5.73 Å². The SMILES string of the molecule is CC(C)c1ccc(OCc2nc(N)c3ccsc3n2)cc1. The first kappa shape index (κ1) is 13.8. The molecule has 0 aliphatic heterocycles. The molecule has 0 bridgehead atoms. The van der Waals surface area contributed by atoms with Gasteiger partial charge >= 0.3 is 0 Å². The summed E-state index contributed by atoms with van der Waals surface area (Å²) in [5.74, 6) is 2.45. The van der Waals surface area contributed by atoms with Gasteiger partial charge in [0.2, 0.25) is 0 Å². The number of hydrogen-bond donors (Lipinski definition) is 1. The van der Waals surface area contributed by atoms with Gasteiger partial charge in [-0.05, 0) is 35.1 Å². The molecular formula is C16H17N3OS. The van der Waals surface area contributed by atoms with E-state index in [-0.39, 0.29) is 0 Å². The molecule has 0 spiro atoms. The highest BCUT2D eigenvalue weighted by Crippen LogP contribution is 2.23. The number of ether oxygens (including phenoxy) is 1. The van der Waals surface area contributed by atoms with Crippen LogP contribution in [0.3, 0.4) is 0 Å². The highest BCUT2D eigenvalue weighted by Gasteiger charge is 2.07. The number of nitrogens with zero attached hydrogens (tertiary/aromatic N) is 2. The third kappa shape index (κ3) is 2.97. The summed E-state index contributed by atoms with van der Waals surface area (Å²) in [6, 6.07) is 10.0. The highest BCUT2D eigenvalue weighted by atomic mass is 32.1. The van der Waals surface area contributed by atoms with Crippen molar-refractivity contribution in [2.24, 2.45) is 0 Å². The van der Waals surface area contributed by atoms with Gasteiger partial charge in [-0.2, -0.15) is 0 Å². The van der Waals surface area contributed by atoms with Gasteiger partial charge in [-0.15, -0.1) is 11.3 Å². The first-order chi connectivity index (χ1) is 10.1. The molecule has 3 aromatic rings. The molecule has 0 atom stereocenters. The van der Waals surface area contributed by atoms with Crippen LogP contribution < -0.4 is 10.5 Å². The molecule has 108 valence electrons. The molecule has 0 saturated carbocycles. The summed E-state index contributed by atoms with van der Waals surface area (Å²) >= 11 is 1.56. The van der Waals surface area contributed by atoms with Crippen LogP contribution in [0.5, 0.6) is 5.75 Å². The van der Waals surface area contributed by atoms with Crippen molar-refractivity contribution in [1.82, 2.24) is 9.97 Å². The Morgan fingerprint density at radius 2 is 1.90 bits per heavy atom. The molecule has 4 nitrogen and oxygen atoms in total. The standard InChI is InChI=1S/C16H17N3OS/c1-10(2)11-3-5-12(6-4-11)20-9-14-18-15(17)13-7-8-21-16(13)19-14/h3-8,10H,9H2,1-2H3,(H2,17,18,19). The molecule has 1 aromatic carbocycles. The van der Waals surface area contributed by atoms with E-state index in [1.807, 2.05) is 23.6 Å². The van der Waals surface area contributed by atoms with Crippen molar-refractivity contribution in [3.63, 3.8) is 0 Å². The number of nitrogen functional groups attached to an aromatic ring is 1. The predicted molar refractivity (Wildman–Crippen MR) is 86.7 cm³/mol. The number of thiophene rings is 1. The maximum atomic E-state index is 5.92. The van der Waals surface area contributed by atoms with Crippen molar-refractivity contribution in [3.05, 3.63) is 47.1 Å². The molecule has 21 heavy (non-hydrogen) atoms. The molecule has 3 rings (SSSR count). The van der Waals surface area contributed by atoms with Crippen LogP contribution in [-0.2, 0) is 6.61 Å². The van der Waals surface area contributed by atoms with E-state index in [9.17, 15) is 0 Å². The zero-order chi connectivity index (χ0) is 14.8. The minimum atomic E-state index is 0.319. The fourth-order valence-electron chi connectivity index (χ4n) is 2.09. The first-order valence-corrected chi connectivity index (χ1v) is 7.74. The molecule has 0 saturated heterocycles. The molecule has 0 aliphatic carbocycles. The Hall–Kier alpha value is -2.14. The zero-order valence-corrected chi connectivity index (χ0v) is 12.9. The highest BCUT2D eigenvalue weighted by molar-refractivity contribution is 7.16. The average Bonchev–Trinajstić information content (AvgIpc) is 2.94. The second-order valence-corrected chi connectivity index (χ2v) is 6.07. The van der Waals surface area contributed by atoms with Crippen LogP contribution in [0.15, 0.2) is 35.7 Å². The lowest BCUT2D eigenvalue weighted by molar-refractivity contribution is 0.296. The number of nitrogens with two attached hydrogens (primary N) is 1. The van der Waals surface area contributed by atoms with Gasteiger partial charge in [0.05, 0.1) is 5.39 Å². The summed E-state index contributed by atoms with van der Waals surface area (Å²) in [7, 11) is 0. The predicted octanol–water partition coefficient (Wildman–Crippen LogP) is 3.98. The average molecular weight is 299 g/mol. The first-order valence-electron chi connectivity index (χ1n) is 6.86. The molecule has 0 aliphatic rings. The van der Waals surface area contributed by atoms with E-state index < -0.39 is 0 Å². The summed E-state index contributed by atoms with van der Waals surface area (Å²) in [4.78, 5) is 9.64. The van der Waals surface area contributed by atoms with Crippen LogP contribution in [0.25, 0.3) is 10.2 Å². The minimum Gasteiger partial charge on any atom is -0.486 e. The van der Waals surface area contributed by atoms with E-state index in [4.69, 9.17) is 10.5 Å². The quantitative estimate of drug-likeness (QED) is 0.791. The third-order valence-corrected chi connectivity index (χ3v) is 4.12. The van der Waals surface area contributed by atoms with Crippen LogP contribution in [0.1, 0.15) is 31.2 Å². The molecule has 2 N–H and O–H groups in total. The maximum Gasteiger partial charge on any atom is 0.169 e. The van der Waals surface area contributed by atoms with Gasteiger partial charge in [0.25, 0.3) is 0 Å². The van der Waals surface area contributed by atoms with E-state index in [1.54, 1.807) is 11.3 Å². The molecule has 0 fully saturated rings. The van der Waals surface area contributed by atoms with Gasteiger partial charge in [-0.1, -0.05) is 26.0 Å². The molecule has 0 radical (unpaired) electrons. The smallest absolute Gasteiger partial charge is 0.169 e. The van der Waals surface area contributed by atoms with Gasteiger partial charge in [0.15, 0.2) is 5.82 Å². The summed E-state index contributed by atoms with van der Waals surface area (Å²) in [5.41, 5.74) is 7.22. The lowest BCUT2D eigenvalue weighted by Gasteiger charge is -2.08. The van der Waals surface area contributed by atoms with Crippen molar-refractivity contribution >= 4 is 27.4 Å². The van der Waals surface area contributed by atoms with Crippen molar-refractivity contribution < 1.29 is 4.74 Å². The Bertz CT molecular complexity index is 750. The van der Waals surface area contributed by atoms with E-state index in [0.29, 0.717) is 24.2 Å². The minimum absolute atomic E-state index is 0.319. The van der Waals surface area contributed by atoms with Gasteiger partial charge < -0.3 is 10.5 Å². The van der Waals surface area contributed by atoms with Crippen LogP contribution in [-0.4, -0.2) is 9.97 Å². The Morgan fingerprint density at radius 1 is 1.14 bits per heavy atom. The lowest BCUT2D eigenvalue weighted by Crippen LogP contribution is -2.04. The van der Waals surface area contributed by atoms with E-state index in [2.05, 4.69) is 35.9 Å². The fraction of sp³-hybridized carbons (Fsp3) is 0.250. The Balaban J connectivity index is 1.73. The molecule has 0 amide bonds. The number of fused-ring (bicyclic) bond motifs is 1. The Kier molecular flexibility index (Phi) is 3.75. The monoisotopic (exact) mass is 299 g/mol. The molecule has 2 aromatic heterocycles. The van der Waals surface area contributed by atoms with Crippen molar-refractivity contribution in [3.8, 4) is 5.75 Å². The lowest BCUT2D eigenvalue weighted by atomic mass is 10.0. The number of aromatic nitrogens is 2. The van der Waals surface area contributed by atoms with Crippen LogP contribution in [0, 0.1) is 0 Å². The maximum absolute atomic E-state index is 5.92. The summed E-state index contributed by atoms with van der Waals surface area (Å²) in [6.45, 7) is 4.66. The number of hydrogen-bond acceptors (Lipinski definition) is 5. The van der Waals surface area contributed by atoms with Crippen LogP contribution in [0.2, 0.25) is 0 Å². The summed E-state index contributed by atoms with van der Waals surface area (Å²) < 4.78 is 5.73. The summed E-state index contributed by atoms with van der Waals surface area (Å²) in [5, 5.41) is 2.87. The van der Waals surface area contributed by atoms with Crippen LogP contribution in [0.4, 0.5) is 5.82 Å². The molecule has 0 unspecified atom stereocenters. The number of benzene rings is 1. The zero-order valence-electron chi connectivity index (χ0n) is 12.0. The third-order valence-electron chi connectivity index (χ3n) is 3.32. The van der Waals surface area contributed by atoms with Gasteiger partial charge in [-0.3, -0.25) is 0 Å². The largest absolute Gasteiger partial charge is 0.486 e. The van der Waals surface area contributed by atoms with Gasteiger partial charge in [-0.25, -0.2) is 9.97 Å². The normalized spacial score (nSPS) is 11.2. The summed E-state index contributed by atoms with van der Waals surface area (Å²) in [6.07, 6.45) is 0. The second kappa shape index (κ2) is 5.69. The molecule has 2 heterocycles. The van der Waals surface area contributed by atoms with Crippen molar-refractivity contribution in [2.45, 2.75) is 26.4 Å². The Morgan fingerprint density at radius 3 is 2.62 bits per heavy atom. The van der Waals surface area contributed by atoms with E-state index in [1.165, 1.54) is 5.56 Å². The second-order valence-electron chi connectivity index (χ2n) is 5.18. The molecule has 5 heteroatoms. The number of rotatable bonds is 4. The topological polar surface area (TPSA) is 61.0 Å². The van der Waals surface area contributed by atoms with Gasteiger partial charge in [0, 0.05) is 0 Å². The van der Waals surface area contributed by atoms with Crippen molar-refractivity contribution in [1.29, 1.82) is 0 Å². The fourth-order valence-corrected chi connectivity index (χ4v) is 2.88. The Labute approximate surface area is 127 Å². The van der Waals surface area contributed by atoms with Crippen LogP contribution >= 0.6 is 11.3 Å². The van der Waals surface area contributed by atoms with E-state index >= 15 is 0 Å². The van der Waals surface area contributed by atoms with Gasteiger partial charge in [0.1, 0.15) is 23.0 Å².